The number of nitrogens with one attached hydrogen (secondary N) is 1. The van der Waals surface area contributed by atoms with Crippen molar-refractivity contribution in [1.82, 2.24) is 4.98 Å². The molecule has 2 rings (SSSR count). The number of amides is 1. The first-order valence-electron chi connectivity index (χ1n) is 7.64. The van der Waals surface area contributed by atoms with Gasteiger partial charge in [0.2, 0.25) is 0 Å². The van der Waals surface area contributed by atoms with Crippen LogP contribution in [0.5, 0.6) is 0 Å². The van der Waals surface area contributed by atoms with E-state index in [0.29, 0.717) is 5.69 Å². The fourth-order valence-electron chi connectivity index (χ4n) is 2.34. The highest BCUT2D eigenvalue weighted by molar-refractivity contribution is 6.03. The van der Waals surface area contributed by atoms with Crippen molar-refractivity contribution in [3.63, 3.8) is 0 Å². The Kier molecular flexibility index (Phi) is 5.15. The zero-order valence-corrected chi connectivity index (χ0v) is 13.7. The van der Waals surface area contributed by atoms with Gasteiger partial charge in [0, 0.05) is 30.7 Å². The molecule has 0 atom stereocenters. The number of pyridine rings is 1. The highest BCUT2D eigenvalue weighted by Crippen LogP contribution is 2.17. The second-order valence-corrected chi connectivity index (χ2v) is 5.32. The third-order valence-corrected chi connectivity index (χ3v) is 3.87. The molecule has 1 aromatic heterocycles. The smallest absolute Gasteiger partial charge is 0.274 e. The van der Waals surface area contributed by atoms with Crippen molar-refractivity contribution in [2.75, 3.05) is 23.3 Å². The molecule has 0 aliphatic carbocycles. The number of hydrogen-bond acceptors (Lipinski definition) is 3. The fourth-order valence-corrected chi connectivity index (χ4v) is 2.34. The number of nitrogens with zero attached hydrogens (tertiary/aromatic N) is 2. The molecule has 2 aromatic rings. The molecule has 0 aliphatic heterocycles. The van der Waals surface area contributed by atoms with Crippen molar-refractivity contribution < 1.29 is 4.79 Å². The lowest BCUT2D eigenvalue weighted by molar-refractivity contribution is 0.102. The van der Waals surface area contributed by atoms with Gasteiger partial charge in [-0.25, -0.2) is 0 Å². The fraction of sp³-hybridized carbons (Fsp3) is 0.333. The summed E-state index contributed by atoms with van der Waals surface area (Å²) in [6, 6.07) is 9.66. The van der Waals surface area contributed by atoms with Crippen LogP contribution in [0.25, 0.3) is 0 Å². The summed E-state index contributed by atoms with van der Waals surface area (Å²) in [5.74, 6) is -0.183. The number of hydrogen-bond donors (Lipinski definition) is 1. The SMILES string of the molecule is CCN(CC)c1ccnc(C(=O)Nc2ccc(C)c(C)c2)c1. The van der Waals surface area contributed by atoms with Crippen LogP contribution in [-0.2, 0) is 0 Å². The highest BCUT2D eigenvalue weighted by atomic mass is 16.1. The quantitative estimate of drug-likeness (QED) is 0.913. The van der Waals surface area contributed by atoms with E-state index in [9.17, 15) is 4.79 Å². The lowest BCUT2D eigenvalue weighted by atomic mass is 10.1. The molecule has 1 N–H and O–H groups in total. The van der Waals surface area contributed by atoms with Gasteiger partial charge in [-0.3, -0.25) is 9.78 Å². The summed E-state index contributed by atoms with van der Waals surface area (Å²) in [5.41, 5.74) is 4.61. The van der Waals surface area contributed by atoms with Gasteiger partial charge < -0.3 is 10.2 Å². The molecule has 0 saturated carbocycles. The number of aromatic nitrogens is 1. The Labute approximate surface area is 132 Å². The number of aryl methyl sites for hydroxylation is 2. The molecule has 0 spiro atoms. The predicted octanol–water partition coefficient (Wildman–Crippen LogP) is 3.80. The maximum Gasteiger partial charge on any atom is 0.274 e. The van der Waals surface area contributed by atoms with Crippen molar-refractivity contribution in [1.29, 1.82) is 0 Å². The highest BCUT2D eigenvalue weighted by Gasteiger charge is 2.11. The molecule has 0 bridgehead atoms. The topological polar surface area (TPSA) is 45.2 Å². The molecule has 1 heterocycles. The van der Waals surface area contributed by atoms with Gasteiger partial charge in [-0.1, -0.05) is 6.07 Å². The maximum atomic E-state index is 12.4. The Morgan fingerprint density at radius 1 is 1.09 bits per heavy atom. The Morgan fingerprint density at radius 3 is 2.45 bits per heavy atom. The van der Waals surface area contributed by atoms with Crippen molar-refractivity contribution >= 4 is 17.3 Å². The summed E-state index contributed by atoms with van der Waals surface area (Å²) in [6.45, 7) is 10.1. The first-order chi connectivity index (χ1) is 10.5. The largest absolute Gasteiger partial charge is 0.372 e. The van der Waals surface area contributed by atoms with Crippen molar-refractivity contribution in [2.45, 2.75) is 27.7 Å². The normalized spacial score (nSPS) is 10.4. The molecule has 1 amide bonds. The zero-order chi connectivity index (χ0) is 16.1. The van der Waals surface area contributed by atoms with E-state index in [2.05, 4.69) is 36.0 Å². The predicted molar refractivity (Wildman–Crippen MR) is 91.7 cm³/mol. The number of rotatable bonds is 5. The van der Waals surface area contributed by atoms with Crippen LogP contribution in [-0.4, -0.2) is 24.0 Å². The molecular formula is C18H23N3O. The number of carbonyl (C=O) groups is 1. The molecule has 0 fully saturated rings. The van der Waals surface area contributed by atoms with E-state index >= 15 is 0 Å². The monoisotopic (exact) mass is 297 g/mol. The number of anilines is 2. The van der Waals surface area contributed by atoms with Crippen LogP contribution < -0.4 is 10.2 Å². The van der Waals surface area contributed by atoms with Crippen LogP contribution in [0, 0.1) is 13.8 Å². The Hall–Kier alpha value is -2.36. The second-order valence-electron chi connectivity index (χ2n) is 5.32. The first kappa shape index (κ1) is 16.0. The van der Waals surface area contributed by atoms with Gasteiger partial charge in [-0.05, 0) is 63.1 Å². The standard InChI is InChI=1S/C18H23N3O/c1-5-21(6-2)16-9-10-19-17(12-16)18(22)20-15-8-7-13(3)14(4)11-15/h7-12H,5-6H2,1-4H3,(H,20,22). The lowest BCUT2D eigenvalue weighted by Gasteiger charge is -2.21. The minimum atomic E-state index is -0.183. The molecule has 4 heteroatoms. The van der Waals surface area contributed by atoms with Gasteiger partial charge in [-0.15, -0.1) is 0 Å². The summed E-state index contributed by atoms with van der Waals surface area (Å²) in [7, 11) is 0. The summed E-state index contributed by atoms with van der Waals surface area (Å²) >= 11 is 0. The van der Waals surface area contributed by atoms with Crippen LogP contribution in [0.3, 0.4) is 0 Å². The summed E-state index contributed by atoms with van der Waals surface area (Å²) in [5, 5.41) is 2.91. The van der Waals surface area contributed by atoms with E-state index < -0.39 is 0 Å². The van der Waals surface area contributed by atoms with Crippen LogP contribution in [0.1, 0.15) is 35.5 Å². The minimum Gasteiger partial charge on any atom is -0.372 e. The molecule has 0 radical (unpaired) electrons. The summed E-state index contributed by atoms with van der Waals surface area (Å²) in [4.78, 5) is 18.7. The van der Waals surface area contributed by atoms with E-state index in [0.717, 1.165) is 30.0 Å². The molecule has 22 heavy (non-hydrogen) atoms. The van der Waals surface area contributed by atoms with Gasteiger partial charge in [0.15, 0.2) is 0 Å². The van der Waals surface area contributed by atoms with Crippen molar-refractivity contribution in [3.8, 4) is 0 Å². The van der Waals surface area contributed by atoms with Crippen LogP contribution in [0.4, 0.5) is 11.4 Å². The van der Waals surface area contributed by atoms with E-state index in [1.54, 1.807) is 6.20 Å². The van der Waals surface area contributed by atoms with Gasteiger partial charge >= 0.3 is 0 Å². The van der Waals surface area contributed by atoms with E-state index in [-0.39, 0.29) is 5.91 Å². The van der Waals surface area contributed by atoms with Crippen molar-refractivity contribution in [2.24, 2.45) is 0 Å². The zero-order valence-electron chi connectivity index (χ0n) is 13.7. The third kappa shape index (κ3) is 3.64. The Bertz CT molecular complexity index is 663. The average molecular weight is 297 g/mol. The minimum absolute atomic E-state index is 0.183. The lowest BCUT2D eigenvalue weighted by Crippen LogP contribution is -2.23. The molecule has 1 aromatic carbocycles. The first-order valence-corrected chi connectivity index (χ1v) is 7.64. The average Bonchev–Trinajstić information content (AvgIpc) is 2.52. The summed E-state index contributed by atoms with van der Waals surface area (Å²) < 4.78 is 0. The van der Waals surface area contributed by atoms with E-state index in [4.69, 9.17) is 0 Å². The molecule has 0 aliphatic rings. The Balaban J connectivity index is 2.18. The van der Waals surface area contributed by atoms with Gasteiger partial charge in [0.25, 0.3) is 5.91 Å². The van der Waals surface area contributed by atoms with Crippen LogP contribution >= 0.6 is 0 Å². The van der Waals surface area contributed by atoms with E-state index in [1.165, 1.54) is 5.56 Å². The van der Waals surface area contributed by atoms with Crippen LogP contribution in [0.15, 0.2) is 36.5 Å². The van der Waals surface area contributed by atoms with Crippen LogP contribution in [0.2, 0.25) is 0 Å². The maximum absolute atomic E-state index is 12.4. The molecule has 0 saturated heterocycles. The number of benzene rings is 1. The second kappa shape index (κ2) is 7.07. The van der Waals surface area contributed by atoms with Gasteiger partial charge in [0.1, 0.15) is 5.69 Å². The van der Waals surface area contributed by atoms with E-state index in [1.807, 2.05) is 37.3 Å². The molecule has 0 unspecified atom stereocenters. The summed E-state index contributed by atoms with van der Waals surface area (Å²) in [6.07, 6.45) is 1.68. The Morgan fingerprint density at radius 2 is 1.82 bits per heavy atom. The van der Waals surface area contributed by atoms with Crippen molar-refractivity contribution in [3.05, 3.63) is 53.3 Å². The molecule has 4 nitrogen and oxygen atoms in total. The van der Waals surface area contributed by atoms with Gasteiger partial charge in [0.05, 0.1) is 0 Å². The molecule has 116 valence electrons. The van der Waals surface area contributed by atoms with Gasteiger partial charge in [-0.2, -0.15) is 0 Å². The number of carbonyl (C=O) groups excluding carboxylic acids is 1. The molecular weight excluding hydrogens is 274 g/mol. The third-order valence-electron chi connectivity index (χ3n) is 3.87.